The van der Waals surface area contributed by atoms with Crippen molar-refractivity contribution in [2.24, 2.45) is 0 Å². The summed E-state index contributed by atoms with van der Waals surface area (Å²) in [5.74, 6) is -0.138. The van der Waals surface area contributed by atoms with Crippen LogP contribution in [0.2, 0.25) is 0 Å². The van der Waals surface area contributed by atoms with Crippen LogP contribution in [0, 0.1) is 6.92 Å². The highest BCUT2D eigenvalue weighted by Crippen LogP contribution is 2.24. The number of amides is 1. The van der Waals surface area contributed by atoms with Crippen LogP contribution in [0.15, 0.2) is 60.9 Å². The van der Waals surface area contributed by atoms with Gasteiger partial charge < -0.3 is 5.32 Å². The normalized spacial score (nSPS) is 11.0. The van der Waals surface area contributed by atoms with Gasteiger partial charge in [0.1, 0.15) is 7.85 Å². The zero-order valence-electron chi connectivity index (χ0n) is 14.3. The van der Waals surface area contributed by atoms with Gasteiger partial charge in [-0.1, -0.05) is 41.9 Å². The number of thiazole rings is 1. The number of aromatic nitrogens is 2. The molecule has 0 spiro atoms. The molecule has 2 aromatic heterocycles. The number of imidazole rings is 1. The van der Waals surface area contributed by atoms with E-state index in [1.54, 1.807) is 35.6 Å². The maximum atomic E-state index is 12.3. The predicted molar refractivity (Wildman–Crippen MR) is 106 cm³/mol. The van der Waals surface area contributed by atoms with Gasteiger partial charge in [-0.2, -0.15) is 0 Å². The molecule has 4 aromatic rings. The van der Waals surface area contributed by atoms with E-state index in [1.807, 2.05) is 28.8 Å². The first-order valence-corrected chi connectivity index (χ1v) is 9.08. The molecule has 0 aliphatic heterocycles. The Balaban J connectivity index is 1.50. The summed E-state index contributed by atoms with van der Waals surface area (Å²) >= 11 is 1.67. The number of carbonyl (C=O) groups is 1. The summed E-state index contributed by atoms with van der Waals surface area (Å²) in [6.07, 6.45) is 4.11. The average Bonchev–Trinajstić information content (AvgIpc) is 3.17. The van der Waals surface area contributed by atoms with E-state index >= 15 is 0 Å². The van der Waals surface area contributed by atoms with Crippen molar-refractivity contribution in [3.63, 3.8) is 0 Å². The Labute approximate surface area is 156 Å². The molecule has 0 aliphatic rings. The Kier molecular flexibility index (Phi) is 4.35. The molecule has 2 aromatic carbocycles. The third-order valence-electron chi connectivity index (χ3n) is 4.10. The monoisotopic (exact) mass is 357 g/mol. The van der Waals surface area contributed by atoms with Gasteiger partial charge in [0.15, 0.2) is 4.96 Å². The summed E-state index contributed by atoms with van der Waals surface area (Å²) in [6.45, 7) is 2.52. The number of aryl methyl sites for hydroxylation is 1. The van der Waals surface area contributed by atoms with E-state index in [-0.39, 0.29) is 5.91 Å². The Morgan fingerprint density at radius 2 is 2.04 bits per heavy atom. The number of hydrogen-bond acceptors (Lipinski definition) is 3. The van der Waals surface area contributed by atoms with Crippen molar-refractivity contribution in [2.75, 3.05) is 0 Å². The van der Waals surface area contributed by atoms with Crippen molar-refractivity contribution in [3.05, 3.63) is 76.9 Å². The second-order valence-electron chi connectivity index (χ2n) is 6.17. The fourth-order valence-corrected chi connectivity index (χ4v) is 3.66. The fraction of sp³-hybridized carbons (Fsp3) is 0.100. The first-order valence-electron chi connectivity index (χ1n) is 8.27. The quantitative estimate of drug-likeness (QED) is 0.571. The molecule has 0 unspecified atom stereocenters. The van der Waals surface area contributed by atoms with E-state index in [0.717, 1.165) is 21.8 Å². The smallest absolute Gasteiger partial charge is 0.251 e. The van der Waals surface area contributed by atoms with Gasteiger partial charge in [-0.25, -0.2) is 4.98 Å². The molecule has 1 amide bonds. The molecule has 2 heterocycles. The molecular formula is C20H16BN3OS. The molecule has 26 heavy (non-hydrogen) atoms. The van der Waals surface area contributed by atoms with Crippen LogP contribution in [-0.4, -0.2) is 23.1 Å². The molecule has 1 N–H and O–H groups in total. The first-order chi connectivity index (χ1) is 12.6. The lowest BCUT2D eigenvalue weighted by Crippen LogP contribution is -2.23. The van der Waals surface area contributed by atoms with Crippen molar-refractivity contribution >= 4 is 35.5 Å². The summed E-state index contributed by atoms with van der Waals surface area (Å²) in [4.78, 5) is 19.2. The van der Waals surface area contributed by atoms with Crippen LogP contribution in [0.4, 0.5) is 0 Å². The fourth-order valence-electron chi connectivity index (χ4n) is 2.85. The van der Waals surface area contributed by atoms with E-state index in [1.165, 1.54) is 4.88 Å². The van der Waals surface area contributed by atoms with Crippen LogP contribution in [0.5, 0.6) is 0 Å². The second-order valence-corrected chi connectivity index (χ2v) is 7.38. The van der Waals surface area contributed by atoms with E-state index in [0.29, 0.717) is 17.6 Å². The summed E-state index contributed by atoms with van der Waals surface area (Å²) in [5, 5.41) is 2.93. The highest BCUT2D eigenvalue weighted by atomic mass is 32.1. The number of hydrogen-bond donors (Lipinski definition) is 1. The Morgan fingerprint density at radius 3 is 2.85 bits per heavy atom. The maximum absolute atomic E-state index is 12.3. The summed E-state index contributed by atoms with van der Waals surface area (Å²) in [5.41, 5.74) is 4.13. The molecular weight excluding hydrogens is 341 g/mol. The van der Waals surface area contributed by atoms with Crippen LogP contribution < -0.4 is 10.8 Å². The van der Waals surface area contributed by atoms with Gasteiger partial charge in [-0.15, -0.1) is 11.3 Å². The van der Waals surface area contributed by atoms with E-state index < -0.39 is 0 Å². The molecule has 0 atom stereocenters. The van der Waals surface area contributed by atoms with Crippen molar-refractivity contribution in [3.8, 4) is 11.3 Å². The third-order valence-corrected chi connectivity index (χ3v) is 5.01. The number of benzene rings is 2. The van der Waals surface area contributed by atoms with Crippen molar-refractivity contribution in [1.29, 1.82) is 0 Å². The Morgan fingerprint density at radius 1 is 1.19 bits per heavy atom. The van der Waals surface area contributed by atoms with Crippen LogP contribution in [-0.2, 0) is 6.54 Å². The van der Waals surface area contributed by atoms with Crippen LogP contribution in [0.1, 0.15) is 20.8 Å². The topological polar surface area (TPSA) is 46.4 Å². The Hall–Kier alpha value is -2.86. The predicted octanol–water partition coefficient (Wildman–Crippen LogP) is 3.10. The lowest BCUT2D eigenvalue weighted by atomic mass is 9.94. The van der Waals surface area contributed by atoms with Gasteiger partial charge in [0, 0.05) is 34.9 Å². The minimum absolute atomic E-state index is 0.138. The lowest BCUT2D eigenvalue weighted by molar-refractivity contribution is 0.0951. The SMILES string of the molecule is [B]c1cccc(C(=O)NCc2cccc(-c3cn4cc(C)sc4n3)c2)c1. The largest absolute Gasteiger partial charge is 0.348 e. The van der Waals surface area contributed by atoms with Crippen molar-refractivity contribution < 1.29 is 4.79 Å². The third kappa shape index (κ3) is 3.41. The number of nitrogens with one attached hydrogen (secondary N) is 1. The second kappa shape index (κ2) is 6.80. The van der Waals surface area contributed by atoms with Gasteiger partial charge in [0.25, 0.3) is 5.91 Å². The Bertz CT molecular complexity index is 1070. The molecule has 0 bridgehead atoms. The summed E-state index contributed by atoms with van der Waals surface area (Å²) < 4.78 is 2.05. The van der Waals surface area contributed by atoms with E-state index in [2.05, 4.69) is 29.5 Å². The summed E-state index contributed by atoms with van der Waals surface area (Å²) in [6, 6.07) is 15.0. The molecule has 2 radical (unpaired) electrons. The highest BCUT2D eigenvalue weighted by molar-refractivity contribution is 7.17. The number of fused-ring (bicyclic) bond motifs is 1. The minimum atomic E-state index is -0.138. The van der Waals surface area contributed by atoms with Gasteiger partial charge in [-0.05, 0) is 24.6 Å². The van der Waals surface area contributed by atoms with Crippen LogP contribution >= 0.6 is 11.3 Å². The van der Waals surface area contributed by atoms with Crippen molar-refractivity contribution in [2.45, 2.75) is 13.5 Å². The van der Waals surface area contributed by atoms with E-state index in [4.69, 9.17) is 7.85 Å². The molecule has 0 saturated carbocycles. The molecule has 0 fully saturated rings. The summed E-state index contributed by atoms with van der Waals surface area (Å²) in [7, 11) is 5.73. The van der Waals surface area contributed by atoms with Crippen LogP contribution in [0.25, 0.3) is 16.2 Å². The van der Waals surface area contributed by atoms with E-state index in [9.17, 15) is 4.79 Å². The van der Waals surface area contributed by atoms with Crippen LogP contribution in [0.3, 0.4) is 0 Å². The molecule has 0 saturated heterocycles. The maximum Gasteiger partial charge on any atom is 0.251 e. The number of carbonyl (C=O) groups excluding carboxylic acids is 1. The van der Waals surface area contributed by atoms with Gasteiger partial charge in [0.2, 0.25) is 0 Å². The molecule has 4 nitrogen and oxygen atoms in total. The first kappa shape index (κ1) is 16.6. The van der Waals surface area contributed by atoms with Gasteiger partial charge in [0.05, 0.1) is 5.69 Å². The zero-order chi connectivity index (χ0) is 18.1. The molecule has 4 rings (SSSR count). The van der Waals surface area contributed by atoms with Gasteiger partial charge >= 0.3 is 0 Å². The molecule has 0 aliphatic carbocycles. The van der Waals surface area contributed by atoms with Gasteiger partial charge in [-0.3, -0.25) is 9.20 Å². The highest BCUT2D eigenvalue weighted by Gasteiger charge is 2.09. The number of nitrogens with zero attached hydrogens (tertiary/aromatic N) is 2. The molecule has 6 heteroatoms. The zero-order valence-corrected chi connectivity index (χ0v) is 15.1. The minimum Gasteiger partial charge on any atom is -0.348 e. The molecule has 126 valence electrons. The lowest BCUT2D eigenvalue weighted by Gasteiger charge is -2.07. The van der Waals surface area contributed by atoms with Crippen molar-refractivity contribution in [1.82, 2.24) is 14.7 Å². The standard InChI is InChI=1S/C20H16BN3OS/c1-13-11-24-12-18(23-20(24)26-13)15-5-2-4-14(8-15)10-22-19(25)16-6-3-7-17(21)9-16/h2-9,11-12H,10H2,1H3,(H,22,25). The number of rotatable bonds is 4. The average molecular weight is 357 g/mol.